The van der Waals surface area contributed by atoms with Gasteiger partial charge in [-0.15, -0.1) is 0 Å². The van der Waals surface area contributed by atoms with Gasteiger partial charge in [-0.3, -0.25) is 9.78 Å². The number of nitrogens with one attached hydrogen (secondary N) is 2. The molecule has 3 heterocycles. The molecule has 2 fully saturated rings. The molecule has 0 aliphatic carbocycles. The topological polar surface area (TPSA) is 83.6 Å². The minimum atomic E-state index is -0.129. The highest BCUT2D eigenvalue weighted by atomic mass is 16.5. The third-order valence-electron chi connectivity index (χ3n) is 5.24. The SMILES string of the molecule is O=C(NCC1CCCO1)c1ccc(NC(=O)N2CC(c3cccnc3)C2)cc1. The first kappa shape index (κ1) is 18.4. The fourth-order valence-electron chi connectivity index (χ4n) is 3.49. The van der Waals surface area contributed by atoms with Crippen molar-refractivity contribution in [3.8, 4) is 0 Å². The second-order valence-electron chi connectivity index (χ2n) is 7.24. The smallest absolute Gasteiger partial charge is 0.321 e. The summed E-state index contributed by atoms with van der Waals surface area (Å²) in [5, 5.41) is 5.77. The molecule has 2 N–H and O–H groups in total. The molecule has 7 heteroatoms. The van der Waals surface area contributed by atoms with Gasteiger partial charge >= 0.3 is 6.03 Å². The number of likely N-dealkylation sites (tertiary alicyclic amines) is 1. The molecule has 0 bridgehead atoms. The lowest BCUT2D eigenvalue weighted by molar-refractivity contribution is 0.0858. The van der Waals surface area contributed by atoms with Crippen LogP contribution in [0.4, 0.5) is 10.5 Å². The average molecular weight is 380 g/mol. The standard InChI is InChI=1S/C21H24N4O3/c26-20(23-12-19-4-2-10-28-19)15-5-7-18(8-6-15)24-21(27)25-13-17(14-25)16-3-1-9-22-11-16/h1,3,5-9,11,17,19H,2,4,10,12-14H2,(H,23,26)(H,24,27). The molecule has 1 aromatic heterocycles. The number of pyridine rings is 1. The predicted octanol–water partition coefficient (Wildman–Crippen LogP) is 2.62. The molecule has 2 aromatic rings. The van der Waals surface area contributed by atoms with Gasteiger partial charge in [-0.25, -0.2) is 4.79 Å². The maximum Gasteiger partial charge on any atom is 0.321 e. The molecule has 0 radical (unpaired) electrons. The Morgan fingerprint density at radius 2 is 2.00 bits per heavy atom. The van der Waals surface area contributed by atoms with Crippen LogP contribution in [0.1, 0.15) is 34.7 Å². The van der Waals surface area contributed by atoms with Gasteiger partial charge in [-0.1, -0.05) is 6.07 Å². The first-order chi connectivity index (χ1) is 13.7. The quantitative estimate of drug-likeness (QED) is 0.835. The molecule has 28 heavy (non-hydrogen) atoms. The molecule has 1 aromatic carbocycles. The summed E-state index contributed by atoms with van der Waals surface area (Å²) >= 11 is 0. The number of hydrogen-bond acceptors (Lipinski definition) is 4. The summed E-state index contributed by atoms with van der Waals surface area (Å²) in [5.74, 6) is 0.213. The first-order valence-electron chi connectivity index (χ1n) is 9.65. The molecule has 4 rings (SSSR count). The van der Waals surface area contributed by atoms with Gasteiger partial charge in [0.25, 0.3) is 5.91 Å². The number of anilines is 1. The Hall–Kier alpha value is -2.93. The molecule has 1 unspecified atom stereocenters. The fraction of sp³-hybridized carbons (Fsp3) is 0.381. The summed E-state index contributed by atoms with van der Waals surface area (Å²) < 4.78 is 5.51. The molecule has 0 saturated carbocycles. The predicted molar refractivity (Wildman–Crippen MR) is 105 cm³/mol. The average Bonchev–Trinajstić information content (AvgIpc) is 3.20. The van der Waals surface area contributed by atoms with Gasteiger partial charge in [0.2, 0.25) is 0 Å². The van der Waals surface area contributed by atoms with Crippen LogP contribution in [-0.2, 0) is 4.74 Å². The van der Waals surface area contributed by atoms with E-state index in [1.807, 2.05) is 18.3 Å². The zero-order valence-electron chi connectivity index (χ0n) is 15.6. The number of rotatable bonds is 5. The van der Waals surface area contributed by atoms with Gasteiger partial charge in [-0.05, 0) is 48.7 Å². The molecule has 146 valence electrons. The van der Waals surface area contributed by atoms with Crippen LogP contribution < -0.4 is 10.6 Å². The van der Waals surface area contributed by atoms with Crippen molar-refractivity contribution >= 4 is 17.6 Å². The largest absolute Gasteiger partial charge is 0.376 e. The number of aromatic nitrogens is 1. The number of urea groups is 1. The number of nitrogens with zero attached hydrogens (tertiary/aromatic N) is 2. The zero-order chi connectivity index (χ0) is 19.3. The Balaban J connectivity index is 1.24. The van der Waals surface area contributed by atoms with Crippen molar-refractivity contribution in [1.29, 1.82) is 0 Å². The van der Waals surface area contributed by atoms with Crippen LogP contribution in [0.25, 0.3) is 0 Å². The van der Waals surface area contributed by atoms with Gasteiger partial charge in [0.15, 0.2) is 0 Å². The number of amides is 3. The van der Waals surface area contributed by atoms with E-state index in [9.17, 15) is 9.59 Å². The zero-order valence-corrected chi connectivity index (χ0v) is 15.6. The number of carbonyl (C=O) groups excluding carboxylic acids is 2. The van der Waals surface area contributed by atoms with E-state index in [2.05, 4.69) is 15.6 Å². The van der Waals surface area contributed by atoms with E-state index in [0.717, 1.165) is 25.0 Å². The van der Waals surface area contributed by atoms with Crippen LogP contribution in [0.15, 0.2) is 48.8 Å². The van der Waals surface area contributed by atoms with Crippen molar-refractivity contribution in [2.45, 2.75) is 24.9 Å². The van der Waals surface area contributed by atoms with Crippen molar-refractivity contribution in [2.75, 3.05) is 31.6 Å². The van der Waals surface area contributed by atoms with Crippen LogP contribution in [0, 0.1) is 0 Å². The normalized spacial score (nSPS) is 19.1. The van der Waals surface area contributed by atoms with Crippen molar-refractivity contribution in [2.24, 2.45) is 0 Å². The Kier molecular flexibility index (Phi) is 5.53. The third kappa shape index (κ3) is 4.31. The highest BCUT2D eigenvalue weighted by Gasteiger charge is 2.31. The maximum absolute atomic E-state index is 12.3. The van der Waals surface area contributed by atoms with Crippen LogP contribution in [-0.4, -0.2) is 54.2 Å². The van der Waals surface area contributed by atoms with Crippen LogP contribution >= 0.6 is 0 Å². The molecule has 2 aliphatic heterocycles. The van der Waals surface area contributed by atoms with Crippen molar-refractivity contribution < 1.29 is 14.3 Å². The third-order valence-corrected chi connectivity index (χ3v) is 5.24. The van der Waals surface area contributed by atoms with Crippen molar-refractivity contribution in [3.63, 3.8) is 0 Å². The molecule has 2 saturated heterocycles. The fourth-order valence-corrected chi connectivity index (χ4v) is 3.49. The van der Waals surface area contributed by atoms with Gasteiger partial charge in [0, 0.05) is 55.8 Å². The molecule has 7 nitrogen and oxygen atoms in total. The summed E-state index contributed by atoms with van der Waals surface area (Å²) in [7, 11) is 0. The summed E-state index contributed by atoms with van der Waals surface area (Å²) in [4.78, 5) is 30.4. The minimum Gasteiger partial charge on any atom is -0.376 e. The Bertz CT molecular complexity index is 813. The highest BCUT2D eigenvalue weighted by molar-refractivity contribution is 5.95. The van der Waals surface area contributed by atoms with E-state index >= 15 is 0 Å². The number of ether oxygens (including phenoxy) is 1. The van der Waals surface area contributed by atoms with Crippen LogP contribution in [0.5, 0.6) is 0 Å². The van der Waals surface area contributed by atoms with E-state index in [1.54, 1.807) is 35.4 Å². The Labute approximate surface area is 164 Å². The first-order valence-corrected chi connectivity index (χ1v) is 9.65. The van der Waals surface area contributed by atoms with Crippen LogP contribution in [0.2, 0.25) is 0 Å². The Morgan fingerprint density at radius 1 is 1.18 bits per heavy atom. The van der Waals surface area contributed by atoms with Crippen molar-refractivity contribution in [1.82, 2.24) is 15.2 Å². The number of benzene rings is 1. The summed E-state index contributed by atoms with van der Waals surface area (Å²) in [5.41, 5.74) is 2.40. The van der Waals surface area contributed by atoms with E-state index in [0.29, 0.717) is 36.8 Å². The lowest BCUT2D eigenvalue weighted by Gasteiger charge is -2.39. The van der Waals surface area contributed by atoms with Gasteiger partial charge in [0.1, 0.15) is 0 Å². The lowest BCUT2D eigenvalue weighted by atomic mass is 9.93. The second-order valence-corrected chi connectivity index (χ2v) is 7.24. The van der Waals surface area contributed by atoms with E-state index in [-0.39, 0.29) is 18.0 Å². The van der Waals surface area contributed by atoms with Gasteiger partial charge in [-0.2, -0.15) is 0 Å². The van der Waals surface area contributed by atoms with Gasteiger partial charge < -0.3 is 20.3 Å². The van der Waals surface area contributed by atoms with E-state index in [1.165, 1.54) is 0 Å². The van der Waals surface area contributed by atoms with E-state index in [4.69, 9.17) is 4.74 Å². The molecule has 2 aliphatic rings. The lowest BCUT2D eigenvalue weighted by Crippen LogP contribution is -2.50. The molecular formula is C21H24N4O3. The molecular weight excluding hydrogens is 356 g/mol. The maximum atomic E-state index is 12.3. The second kappa shape index (κ2) is 8.39. The van der Waals surface area contributed by atoms with E-state index < -0.39 is 0 Å². The minimum absolute atomic E-state index is 0.120. The molecule has 1 atom stereocenters. The molecule has 0 spiro atoms. The van der Waals surface area contributed by atoms with Gasteiger partial charge in [0.05, 0.1) is 6.10 Å². The summed E-state index contributed by atoms with van der Waals surface area (Å²) in [6.07, 6.45) is 5.76. The molecule has 3 amide bonds. The van der Waals surface area contributed by atoms with Crippen LogP contribution in [0.3, 0.4) is 0 Å². The number of hydrogen-bond donors (Lipinski definition) is 2. The Morgan fingerprint density at radius 3 is 2.68 bits per heavy atom. The van der Waals surface area contributed by atoms with Crippen molar-refractivity contribution in [3.05, 3.63) is 59.9 Å². The monoisotopic (exact) mass is 380 g/mol. The summed E-state index contributed by atoms with van der Waals surface area (Å²) in [6, 6.07) is 10.8. The highest BCUT2D eigenvalue weighted by Crippen LogP contribution is 2.26. The summed E-state index contributed by atoms with van der Waals surface area (Å²) in [6.45, 7) is 2.67. The number of carbonyl (C=O) groups is 2.